The number of hydrogen-bond donors (Lipinski definition) is 1. The summed E-state index contributed by atoms with van der Waals surface area (Å²) in [6, 6.07) is 18.8. The molecule has 0 unspecified atom stereocenters. The topological polar surface area (TPSA) is 96.0 Å². The van der Waals surface area contributed by atoms with Crippen LogP contribution in [-0.2, 0) is 26.2 Å². The van der Waals surface area contributed by atoms with Crippen LogP contribution in [-0.4, -0.2) is 50.9 Å². The van der Waals surface area contributed by atoms with Crippen molar-refractivity contribution in [1.29, 1.82) is 0 Å². The first-order valence-corrected chi connectivity index (χ1v) is 15.9. The third-order valence-electron chi connectivity index (χ3n) is 6.21. The molecule has 8 nitrogen and oxygen atoms in total. The van der Waals surface area contributed by atoms with Gasteiger partial charge >= 0.3 is 0 Å². The molecule has 3 aromatic rings. The maximum Gasteiger partial charge on any atom is 0.264 e. The predicted molar refractivity (Wildman–Crippen MR) is 166 cm³/mol. The SMILES string of the molecule is CCOc1ccc(N(CC(=O)N(Cc2cccc(Cl)c2)[C@@H](C)C(=O)NCC(C)C)S(=O)(=O)c2ccc(Br)cc2)cc1. The number of nitrogens with zero attached hydrogens (tertiary/aromatic N) is 2. The smallest absolute Gasteiger partial charge is 0.264 e. The summed E-state index contributed by atoms with van der Waals surface area (Å²) in [4.78, 5) is 28.4. The van der Waals surface area contributed by atoms with Crippen LogP contribution < -0.4 is 14.4 Å². The van der Waals surface area contributed by atoms with Gasteiger partial charge in [0.1, 0.15) is 18.3 Å². The van der Waals surface area contributed by atoms with Crippen molar-refractivity contribution in [1.82, 2.24) is 10.2 Å². The van der Waals surface area contributed by atoms with Crippen LogP contribution in [0.1, 0.15) is 33.3 Å². The lowest BCUT2D eigenvalue weighted by molar-refractivity contribution is -0.139. The van der Waals surface area contributed by atoms with E-state index in [0.717, 1.165) is 4.31 Å². The van der Waals surface area contributed by atoms with Crippen molar-refractivity contribution in [2.45, 2.75) is 45.2 Å². The van der Waals surface area contributed by atoms with Crippen LogP contribution in [0.3, 0.4) is 0 Å². The standard InChI is InChI=1S/C30H35BrClN3O5S/c1-5-40-27-13-11-26(12-14-27)35(41(38,39)28-15-9-24(31)10-16-28)20-29(36)34(19-23-7-6-8-25(32)17-23)22(4)30(37)33-18-21(2)3/h6-17,21-22H,5,18-20H2,1-4H3,(H,33,37)/t22-/m0/s1. The van der Waals surface area contributed by atoms with E-state index in [1.54, 1.807) is 67.6 Å². The van der Waals surface area contributed by atoms with Gasteiger partial charge in [-0.3, -0.25) is 13.9 Å². The number of rotatable bonds is 13. The Hall–Kier alpha value is -3.08. The zero-order valence-corrected chi connectivity index (χ0v) is 26.7. The van der Waals surface area contributed by atoms with E-state index in [1.165, 1.54) is 17.0 Å². The van der Waals surface area contributed by atoms with Crippen molar-refractivity contribution < 1.29 is 22.7 Å². The number of hydrogen-bond acceptors (Lipinski definition) is 5. The Balaban J connectivity index is 2.02. The van der Waals surface area contributed by atoms with Crippen LogP contribution in [0.2, 0.25) is 5.02 Å². The lowest BCUT2D eigenvalue weighted by Crippen LogP contribution is -2.51. The van der Waals surface area contributed by atoms with Crippen LogP contribution in [0.25, 0.3) is 0 Å². The molecule has 2 amide bonds. The Morgan fingerprint density at radius 2 is 1.66 bits per heavy atom. The summed E-state index contributed by atoms with van der Waals surface area (Å²) in [7, 11) is -4.17. The van der Waals surface area contributed by atoms with E-state index in [4.69, 9.17) is 16.3 Å². The molecule has 3 rings (SSSR count). The molecule has 1 atom stereocenters. The molecule has 0 aliphatic rings. The number of ether oxygens (including phenoxy) is 1. The minimum Gasteiger partial charge on any atom is -0.494 e. The van der Waals surface area contributed by atoms with Crippen LogP contribution in [0, 0.1) is 5.92 Å². The van der Waals surface area contributed by atoms with Crippen molar-refractivity contribution in [3.8, 4) is 5.75 Å². The predicted octanol–water partition coefficient (Wildman–Crippen LogP) is 5.89. The largest absolute Gasteiger partial charge is 0.494 e. The maximum absolute atomic E-state index is 14.0. The minimum atomic E-state index is -4.17. The van der Waals surface area contributed by atoms with Gasteiger partial charge in [0.15, 0.2) is 0 Å². The highest BCUT2D eigenvalue weighted by Crippen LogP contribution is 2.27. The molecular formula is C30H35BrClN3O5S. The second kappa shape index (κ2) is 14.7. The molecule has 0 fully saturated rings. The molecule has 0 saturated carbocycles. The monoisotopic (exact) mass is 663 g/mol. The van der Waals surface area contributed by atoms with Gasteiger partial charge in [-0.25, -0.2) is 8.42 Å². The van der Waals surface area contributed by atoms with E-state index >= 15 is 0 Å². The highest BCUT2D eigenvalue weighted by atomic mass is 79.9. The maximum atomic E-state index is 14.0. The first kappa shape index (κ1) is 32.4. The fourth-order valence-corrected chi connectivity index (χ4v) is 5.90. The molecule has 41 heavy (non-hydrogen) atoms. The van der Waals surface area contributed by atoms with E-state index in [-0.39, 0.29) is 29.0 Å². The molecule has 0 spiro atoms. The number of carbonyl (C=O) groups is 2. The average Bonchev–Trinajstić information content (AvgIpc) is 2.93. The Morgan fingerprint density at radius 3 is 2.24 bits per heavy atom. The Bertz CT molecular complexity index is 1430. The van der Waals surface area contributed by atoms with E-state index in [2.05, 4.69) is 21.2 Å². The third-order valence-corrected chi connectivity index (χ3v) is 8.76. The van der Waals surface area contributed by atoms with Crippen molar-refractivity contribution in [2.24, 2.45) is 5.92 Å². The molecule has 0 heterocycles. The van der Waals surface area contributed by atoms with Gasteiger partial charge in [-0.2, -0.15) is 0 Å². The number of carbonyl (C=O) groups excluding carboxylic acids is 2. The molecule has 0 aliphatic heterocycles. The highest BCUT2D eigenvalue weighted by molar-refractivity contribution is 9.10. The number of halogens is 2. The van der Waals surface area contributed by atoms with Crippen LogP contribution in [0.15, 0.2) is 82.2 Å². The summed E-state index contributed by atoms with van der Waals surface area (Å²) in [6.07, 6.45) is 0. The number of nitrogens with one attached hydrogen (secondary N) is 1. The fraction of sp³-hybridized carbons (Fsp3) is 0.333. The second-order valence-electron chi connectivity index (χ2n) is 9.86. The normalized spacial score (nSPS) is 12.1. The van der Waals surface area contributed by atoms with Gasteiger partial charge in [-0.05, 0) is 86.0 Å². The summed E-state index contributed by atoms with van der Waals surface area (Å²) in [5.41, 5.74) is 0.988. The van der Waals surface area contributed by atoms with Gasteiger partial charge < -0.3 is 15.0 Å². The third kappa shape index (κ3) is 8.95. The van der Waals surface area contributed by atoms with Crippen LogP contribution in [0.5, 0.6) is 5.75 Å². The van der Waals surface area contributed by atoms with Crippen molar-refractivity contribution in [2.75, 3.05) is 24.0 Å². The van der Waals surface area contributed by atoms with E-state index < -0.39 is 28.5 Å². The molecule has 0 aromatic heterocycles. The summed E-state index contributed by atoms with van der Waals surface area (Å²) in [6.45, 7) is 7.85. The van der Waals surface area contributed by atoms with E-state index in [9.17, 15) is 18.0 Å². The lowest BCUT2D eigenvalue weighted by atomic mass is 10.1. The van der Waals surface area contributed by atoms with Crippen molar-refractivity contribution in [3.05, 3.63) is 87.9 Å². The van der Waals surface area contributed by atoms with E-state index in [0.29, 0.717) is 34.0 Å². The Labute approximate surface area is 255 Å². The highest BCUT2D eigenvalue weighted by Gasteiger charge is 2.32. The van der Waals surface area contributed by atoms with Crippen molar-refractivity contribution in [3.63, 3.8) is 0 Å². The number of benzene rings is 3. The lowest BCUT2D eigenvalue weighted by Gasteiger charge is -2.32. The zero-order valence-electron chi connectivity index (χ0n) is 23.5. The first-order chi connectivity index (χ1) is 19.4. The quantitative estimate of drug-likeness (QED) is 0.246. The van der Waals surface area contributed by atoms with Gasteiger partial charge in [-0.1, -0.05) is 53.5 Å². The molecule has 3 aromatic carbocycles. The van der Waals surface area contributed by atoms with Crippen molar-refractivity contribution >= 4 is 55.1 Å². The average molecular weight is 665 g/mol. The van der Waals surface area contributed by atoms with Gasteiger partial charge in [0.25, 0.3) is 10.0 Å². The molecule has 1 N–H and O–H groups in total. The summed E-state index contributed by atoms with van der Waals surface area (Å²) in [5.74, 6) is -0.0970. The molecule has 0 radical (unpaired) electrons. The van der Waals surface area contributed by atoms with Gasteiger partial charge in [0, 0.05) is 22.6 Å². The molecular weight excluding hydrogens is 630 g/mol. The molecule has 0 saturated heterocycles. The molecule has 0 bridgehead atoms. The summed E-state index contributed by atoms with van der Waals surface area (Å²) in [5, 5.41) is 3.36. The first-order valence-electron chi connectivity index (χ1n) is 13.2. The number of anilines is 1. The molecule has 11 heteroatoms. The Morgan fingerprint density at radius 1 is 1.00 bits per heavy atom. The minimum absolute atomic E-state index is 0.0199. The molecule has 220 valence electrons. The summed E-state index contributed by atoms with van der Waals surface area (Å²) < 4.78 is 35.1. The van der Waals surface area contributed by atoms with Gasteiger partial charge in [0.05, 0.1) is 17.2 Å². The summed E-state index contributed by atoms with van der Waals surface area (Å²) >= 11 is 9.52. The van der Waals surface area contributed by atoms with E-state index in [1.807, 2.05) is 20.8 Å². The number of amides is 2. The van der Waals surface area contributed by atoms with Crippen LogP contribution in [0.4, 0.5) is 5.69 Å². The second-order valence-corrected chi connectivity index (χ2v) is 13.1. The fourth-order valence-electron chi connectivity index (χ4n) is 4.00. The number of sulfonamides is 1. The van der Waals surface area contributed by atoms with Gasteiger partial charge in [0.2, 0.25) is 11.8 Å². The molecule has 0 aliphatic carbocycles. The van der Waals surface area contributed by atoms with Crippen LogP contribution >= 0.6 is 27.5 Å². The zero-order chi connectivity index (χ0) is 30.2. The Kier molecular flexibility index (Phi) is 11.6. The van der Waals surface area contributed by atoms with Gasteiger partial charge in [-0.15, -0.1) is 0 Å².